The molecule has 87 valence electrons. The number of rotatable bonds is 3. The van der Waals surface area contributed by atoms with Crippen molar-refractivity contribution in [3.8, 4) is 0 Å². The Labute approximate surface area is 122 Å². The third-order valence-corrected chi connectivity index (χ3v) is 3.85. The van der Waals surface area contributed by atoms with Crippen LogP contribution in [0, 0.1) is 29.1 Å². The summed E-state index contributed by atoms with van der Waals surface area (Å²) in [6.07, 6.45) is 3.61. The molecular weight excluding hydrogens is 257 g/mol. The first-order valence-corrected chi connectivity index (χ1v) is 5.77. The molecule has 15 heavy (non-hydrogen) atoms. The van der Waals surface area contributed by atoms with E-state index < -0.39 is 0 Å². The molecule has 0 aromatic heterocycles. The summed E-state index contributed by atoms with van der Waals surface area (Å²) < 4.78 is 0. The van der Waals surface area contributed by atoms with E-state index in [2.05, 4.69) is 48.5 Å². The Bertz CT molecular complexity index is 199. The van der Waals surface area contributed by atoms with Gasteiger partial charge in [0.15, 0.2) is 0 Å². The normalized spacial score (nSPS) is 24.2. The maximum Gasteiger partial charge on any atom is 0 e. The Morgan fingerprint density at radius 1 is 1.13 bits per heavy atom. The molecule has 0 atom stereocenters. The molecule has 1 aliphatic rings. The van der Waals surface area contributed by atoms with Crippen LogP contribution in [0.3, 0.4) is 0 Å². The van der Waals surface area contributed by atoms with Crippen LogP contribution in [0.1, 0.15) is 60.8 Å². The van der Waals surface area contributed by atoms with E-state index in [1.54, 1.807) is 5.92 Å². The van der Waals surface area contributed by atoms with Crippen LogP contribution < -0.4 is 0 Å². The van der Waals surface area contributed by atoms with Gasteiger partial charge in [0.25, 0.3) is 0 Å². The maximum absolute atomic E-state index is 4.05. The van der Waals surface area contributed by atoms with Crippen molar-refractivity contribution in [2.45, 2.75) is 60.8 Å². The molecule has 1 rings (SSSR count). The number of hydrogen-bond donors (Lipinski definition) is 0. The first kappa shape index (κ1) is 16.1. The largest absolute Gasteiger partial charge is 0.343 e. The van der Waals surface area contributed by atoms with Crippen molar-refractivity contribution in [1.82, 2.24) is 0 Å². The van der Waals surface area contributed by atoms with Crippen LogP contribution in [0.15, 0.2) is 0 Å². The Balaban J connectivity index is 0.00000196. The van der Waals surface area contributed by atoms with Crippen LogP contribution in [0.5, 0.6) is 0 Å². The average Bonchev–Trinajstić information content (AvgIpc) is 1.99. The minimum absolute atomic E-state index is 0. The number of hydrogen-bond acceptors (Lipinski definition) is 0. The Kier molecular flexibility index (Phi) is 5.12. The van der Waals surface area contributed by atoms with Gasteiger partial charge >= 0.3 is 0 Å². The SMILES string of the molecule is [CH2-]CC(C)(C)C[C-]1C(C)(C)CC1(C)C.[Y]. The molecule has 1 aliphatic carbocycles. The van der Waals surface area contributed by atoms with Gasteiger partial charge in [-0.15, -0.1) is 0 Å². The Hall–Kier alpha value is 1.10. The molecule has 1 fully saturated rings. The minimum atomic E-state index is 0. The van der Waals surface area contributed by atoms with Gasteiger partial charge in [-0.3, -0.25) is 0 Å². The van der Waals surface area contributed by atoms with Gasteiger partial charge in [-0.05, 0) is 0 Å². The van der Waals surface area contributed by atoms with Crippen LogP contribution >= 0.6 is 0 Å². The van der Waals surface area contributed by atoms with Crippen LogP contribution in [-0.4, -0.2) is 0 Å². The van der Waals surface area contributed by atoms with E-state index in [9.17, 15) is 0 Å². The molecule has 1 saturated carbocycles. The molecule has 0 saturated heterocycles. The molecule has 0 aromatic rings. The van der Waals surface area contributed by atoms with Crippen molar-refractivity contribution in [3.63, 3.8) is 0 Å². The van der Waals surface area contributed by atoms with Crippen molar-refractivity contribution in [2.24, 2.45) is 16.2 Å². The predicted octanol–water partition coefficient (Wildman–Crippen LogP) is 4.65. The van der Waals surface area contributed by atoms with Gasteiger partial charge in [-0.2, -0.15) is 23.7 Å². The van der Waals surface area contributed by atoms with Crippen LogP contribution in [0.4, 0.5) is 0 Å². The second kappa shape index (κ2) is 4.77. The standard InChI is InChI=1S/C14H26.Y/c1-8-12(2,3)9-11-13(4,5)10-14(11,6)7;/h1,8-10H2,2-7H3;/q-2;. The Morgan fingerprint density at radius 2 is 1.53 bits per heavy atom. The average molecular weight is 283 g/mol. The Morgan fingerprint density at radius 3 is 1.80 bits per heavy atom. The minimum Gasteiger partial charge on any atom is -0.343 e. The molecule has 0 aromatic carbocycles. The fourth-order valence-corrected chi connectivity index (χ4v) is 3.17. The smallest absolute Gasteiger partial charge is 0 e. The summed E-state index contributed by atoms with van der Waals surface area (Å²) in [7, 11) is 0. The summed E-state index contributed by atoms with van der Waals surface area (Å²) in [4.78, 5) is 0. The zero-order chi connectivity index (χ0) is 11.2. The molecule has 0 unspecified atom stereocenters. The molecule has 0 heterocycles. The van der Waals surface area contributed by atoms with E-state index in [1.165, 1.54) is 12.8 Å². The molecule has 0 N–H and O–H groups in total. The summed E-state index contributed by atoms with van der Waals surface area (Å²) in [5.74, 6) is 1.75. The van der Waals surface area contributed by atoms with Gasteiger partial charge in [0, 0.05) is 32.7 Å². The van der Waals surface area contributed by atoms with Gasteiger partial charge in [-0.1, -0.05) is 53.4 Å². The van der Waals surface area contributed by atoms with Crippen molar-refractivity contribution in [3.05, 3.63) is 12.8 Å². The molecule has 0 amide bonds. The summed E-state index contributed by atoms with van der Waals surface area (Å²) in [5.41, 5.74) is 1.32. The monoisotopic (exact) mass is 283 g/mol. The van der Waals surface area contributed by atoms with E-state index in [0.29, 0.717) is 16.2 Å². The maximum atomic E-state index is 4.05. The first-order valence-electron chi connectivity index (χ1n) is 5.77. The van der Waals surface area contributed by atoms with Gasteiger partial charge in [0.1, 0.15) is 0 Å². The van der Waals surface area contributed by atoms with E-state index >= 15 is 0 Å². The van der Waals surface area contributed by atoms with Gasteiger partial charge in [0.05, 0.1) is 0 Å². The van der Waals surface area contributed by atoms with Crippen LogP contribution in [-0.2, 0) is 32.7 Å². The van der Waals surface area contributed by atoms with E-state index in [1.807, 2.05) is 0 Å². The van der Waals surface area contributed by atoms with Gasteiger partial charge < -0.3 is 12.8 Å². The fourth-order valence-electron chi connectivity index (χ4n) is 3.17. The molecule has 0 spiro atoms. The quantitative estimate of drug-likeness (QED) is 0.661. The molecule has 1 heteroatoms. The fraction of sp³-hybridized carbons (Fsp3) is 0.857. The van der Waals surface area contributed by atoms with Crippen molar-refractivity contribution in [1.29, 1.82) is 0 Å². The summed E-state index contributed by atoms with van der Waals surface area (Å²) >= 11 is 0. The van der Waals surface area contributed by atoms with Crippen molar-refractivity contribution < 1.29 is 32.7 Å². The van der Waals surface area contributed by atoms with Gasteiger partial charge in [-0.25, -0.2) is 0 Å². The molecule has 0 nitrogen and oxygen atoms in total. The van der Waals surface area contributed by atoms with E-state index in [-0.39, 0.29) is 32.7 Å². The van der Waals surface area contributed by atoms with Crippen molar-refractivity contribution in [2.75, 3.05) is 0 Å². The summed E-state index contributed by atoms with van der Waals surface area (Å²) in [6, 6.07) is 0. The third kappa shape index (κ3) is 3.53. The molecule has 0 bridgehead atoms. The summed E-state index contributed by atoms with van der Waals surface area (Å²) in [6.45, 7) is 18.2. The zero-order valence-electron chi connectivity index (χ0n) is 11.4. The van der Waals surface area contributed by atoms with E-state index in [0.717, 1.165) is 6.42 Å². The first-order chi connectivity index (χ1) is 6.11. The molecule has 0 aliphatic heterocycles. The zero-order valence-corrected chi connectivity index (χ0v) is 14.2. The summed E-state index contributed by atoms with van der Waals surface area (Å²) in [5, 5.41) is 0. The predicted molar refractivity (Wildman–Crippen MR) is 63.8 cm³/mol. The molecule has 1 radical (unpaired) electrons. The van der Waals surface area contributed by atoms with Crippen LogP contribution in [0.2, 0.25) is 0 Å². The second-order valence-corrected chi connectivity index (χ2v) is 7.01. The van der Waals surface area contributed by atoms with Crippen molar-refractivity contribution >= 4 is 0 Å². The molecular formula is C14H26Y-2. The third-order valence-electron chi connectivity index (χ3n) is 3.85. The van der Waals surface area contributed by atoms with Gasteiger partial charge in [0.2, 0.25) is 0 Å². The van der Waals surface area contributed by atoms with Crippen LogP contribution in [0.25, 0.3) is 0 Å². The van der Waals surface area contributed by atoms with E-state index in [4.69, 9.17) is 0 Å². The topological polar surface area (TPSA) is 0 Å². The second-order valence-electron chi connectivity index (χ2n) is 7.01.